The van der Waals surface area contributed by atoms with Crippen LogP contribution >= 0.6 is 0 Å². The highest BCUT2D eigenvalue weighted by Crippen LogP contribution is 2.20. The maximum Gasteiger partial charge on any atom is 0.270 e. The van der Waals surface area contributed by atoms with E-state index in [0.717, 1.165) is 13.1 Å². The minimum atomic E-state index is 0.0516. The van der Waals surface area contributed by atoms with Crippen LogP contribution in [0.4, 0.5) is 5.69 Å². The van der Waals surface area contributed by atoms with Gasteiger partial charge in [-0.15, -0.1) is 0 Å². The molecular formula is C15H26N4O. The molecule has 0 radical (unpaired) electrons. The van der Waals surface area contributed by atoms with Crippen molar-refractivity contribution >= 4 is 11.6 Å². The van der Waals surface area contributed by atoms with Crippen molar-refractivity contribution in [3.05, 3.63) is 18.0 Å². The van der Waals surface area contributed by atoms with Gasteiger partial charge in [0.15, 0.2) is 0 Å². The van der Waals surface area contributed by atoms with Crippen LogP contribution < -0.4 is 5.73 Å². The third kappa shape index (κ3) is 2.98. The van der Waals surface area contributed by atoms with Crippen LogP contribution in [-0.4, -0.2) is 53.5 Å². The number of likely N-dealkylation sites (tertiary alicyclic amines) is 1. The quantitative estimate of drug-likeness (QED) is 0.914. The van der Waals surface area contributed by atoms with Crippen LogP contribution in [0.25, 0.3) is 0 Å². The lowest BCUT2D eigenvalue weighted by atomic mass is 10.2. The molecular weight excluding hydrogens is 252 g/mol. The van der Waals surface area contributed by atoms with Crippen molar-refractivity contribution in [2.45, 2.75) is 38.8 Å². The van der Waals surface area contributed by atoms with E-state index in [-0.39, 0.29) is 11.9 Å². The van der Waals surface area contributed by atoms with E-state index in [9.17, 15) is 4.79 Å². The Morgan fingerprint density at radius 2 is 2.25 bits per heavy atom. The maximum atomic E-state index is 12.6. The number of nitrogen functional groups attached to an aromatic ring is 1. The van der Waals surface area contributed by atoms with Gasteiger partial charge in [-0.1, -0.05) is 0 Å². The molecule has 1 amide bonds. The Bertz CT molecular complexity index is 480. The Morgan fingerprint density at radius 1 is 1.55 bits per heavy atom. The van der Waals surface area contributed by atoms with Crippen LogP contribution in [0.1, 0.15) is 43.2 Å². The van der Waals surface area contributed by atoms with Gasteiger partial charge in [-0.25, -0.2) is 0 Å². The summed E-state index contributed by atoms with van der Waals surface area (Å²) >= 11 is 0. The first-order valence-electron chi connectivity index (χ1n) is 7.33. The molecule has 1 aromatic rings. The molecule has 0 saturated carbocycles. The molecule has 1 aromatic heterocycles. The first-order chi connectivity index (χ1) is 9.40. The number of carbonyl (C=O) groups is 1. The lowest BCUT2D eigenvalue weighted by Crippen LogP contribution is -2.40. The van der Waals surface area contributed by atoms with E-state index in [1.807, 2.05) is 22.7 Å². The van der Waals surface area contributed by atoms with Crippen molar-refractivity contribution in [1.82, 2.24) is 14.4 Å². The SMILES string of the molecule is CC(C)n1cc(N)cc1C(=O)N(C)CC1CCCN1C. The molecule has 20 heavy (non-hydrogen) atoms. The van der Waals surface area contributed by atoms with Gasteiger partial charge < -0.3 is 20.1 Å². The Labute approximate surface area is 121 Å². The van der Waals surface area contributed by atoms with Crippen LogP contribution in [0.5, 0.6) is 0 Å². The predicted octanol–water partition coefficient (Wildman–Crippen LogP) is 1.82. The summed E-state index contributed by atoms with van der Waals surface area (Å²) in [4.78, 5) is 16.8. The average Bonchev–Trinajstić information content (AvgIpc) is 2.95. The number of rotatable bonds is 4. The van der Waals surface area contributed by atoms with Crippen LogP contribution in [0.3, 0.4) is 0 Å². The van der Waals surface area contributed by atoms with E-state index >= 15 is 0 Å². The fraction of sp³-hybridized carbons (Fsp3) is 0.667. The highest BCUT2D eigenvalue weighted by molar-refractivity contribution is 5.93. The van der Waals surface area contributed by atoms with Gasteiger partial charge in [0.25, 0.3) is 5.91 Å². The number of aromatic nitrogens is 1. The Morgan fingerprint density at radius 3 is 2.80 bits per heavy atom. The highest BCUT2D eigenvalue weighted by Gasteiger charge is 2.25. The molecule has 1 atom stereocenters. The number of carbonyl (C=O) groups excluding carboxylic acids is 1. The van der Waals surface area contributed by atoms with E-state index in [2.05, 4.69) is 25.8 Å². The lowest BCUT2D eigenvalue weighted by Gasteiger charge is -2.26. The molecule has 0 bridgehead atoms. The summed E-state index contributed by atoms with van der Waals surface area (Å²) in [7, 11) is 4.01. The van der Waals surface area contributed by atoms with Crippen molar-refractivity contribution in [2.75, 3.05) is 32.9 Å². The molecule has 2 heterocycles. The minimum absolute atomic E-state index is 0.0516. The maximum absolute atomic E-state index is 12.6. The minimum Gasteiger partial charge on any atom is -0.397 e. The first kappa shape index (κ1) is 14.9. The third-order valence-electron chi connectivity index (χ3n) is 4.15. The second-order valence-corrected chi connectivity index (χ2v) is 6.12. The summed E-state index contributed by atoms with van der Waals surface area (Å²) in [5.74, 6) is 0.0516. The summed E-state index contributed by atoms with van der Waals surface area (Å²) in [6.07, 6.45) is 4.23. The molecule has 5 nitrogen and oxygen atoms in total. The van der Waals surface area contributed by atoms with Crippen LogP contribution in [0.2, 0.25) is 0 Å². The van der Waals surface area contributed by atoms with Gasteiger partial charge in [0, 0.05) is 31.9 Å². The van der Waals surface area contributed by atoms with Gasteiger partial charge in [0.2, 0.25) is 0 Å². The van der Waals surface area contributed by atoms with Crippen molar-refractivity contribution in [2.24, 2.45) is 0 Å². The molecule has 0 aliphatic carbocycles. The zero-order valence-electron chi connectivity index (χ0n) is 13.0. The largest absolute Gasteiger partial charge is 0.397 e. The van der Waals surface area contributed by atoms with Crippen molar-refractivity contribution in [1.29, 1.82) is 0 Å². The van der Waals surface area contributed by atoms with Gasteiger partial charge in [0.1, 0.15) is 5.69 Å². The fourth-order valence-electron chi connectivity index (χ4n) is 2.90. The van der Waals surface area contributed by atoms with Gasteiger partial charge in [-0.3, -0.25) is 4.79 Å². The summed E-state index contributed by atoms with van der Waals surface area (Å²) in [6, 6.07) is 2.48. The molecule has 1 aliphatic heterocycles. The van der Waals surface area contributed by atoms with Crippen molar-refractivity contribution in [3.63, 3.8) is 0 Å². The standard InChI is InChI=1S/C15H26N4O/c1-11(2)19-9-12(16)8-14(19)15(20)18(4)10-13-6-5-7-17(13)3/h8-9,11,13H,5-7,10,16H2,1-4H3. The molecule has 2 N–H and O–H groups in total. The second kappa shape index (κ2) is 5.87. The summed E-state index contributed by atoms with van der Waals surface area (Å²) in [6.45, 7) is 6.02. The summed E-state index contributed by atoms with van der Waals surface area (Å²) < 4.78 is 1.95. The summed E-state index contributed by atoms with van der Waals surface area (Å²) in [5, 5.41) is 0. The normalized spacial score (nSPS) is 19.8. The van der Waals surface area contributed by atoms with Crippen LogP contribution in [0, 0.1) is 0 Å². The molecule has 0 spiro atoms. The smallest absolute Gasteiger partial charge is 0.270 e. The fourth-order valence-corrected chi connectivity index (χ4v) is 2.90. The number of anilines is 1. The van der Waals surface area contributed by atoms with Crippen molar-refractivity contribution in [3.8, 4) is 0 Å². The Kier molecular flexibility index (Phi) is 4.38. The van der Waals surface area contributed by atoms with E-state index in [1.54, 1.807) is 6.07 Å². The topological polar surface area (TPSA) is 54.5 Å². The molecule has 112 valence electrons. The zero-order valence-corrected chi connectivity index (χ0v) is 13.0. The predicted molar refractivity (Wildman–Crippen MR) is 81.8 cm³/mol. The van der Waals surface area contributed by atoms with Gasteiger partial charge in [0.05, 0.1) is 5.69 Å². The number of hydrogen-bond acceptors (Lipinski definition) is 3. The third-order valence-corrected chi connectivity index (χ3v) is 4.15. The second-order valence-electron chi connectivity index (χ2n) is 6.12. The zero-order chi connectivity index (χ0) is 14.9. The number of likely N-dealkylation sites (N-methyl/N-ethyl adjacent to an activating group) is 2. The monoisotopic (exact) mass is 278 g/mol. The molecule has 1 saturated heterocycles. The molecule has 1 unspecified atom stereocenters. The summed E-state index contributed by atoms with van der Waals surface area (Å²) in [5.41, 5.74) is 7.17. The average molecular weight is 278 g/mol. The van der Waals surface area contributed by atoms with Crippen LogP contribution in [-0.2, 0) is 0 Å². The Balaban J connectivity index is 2.10. The van der Waals surface area contributed by atoms with E-state index in [4.69, 9.17) is 5.73 Å². The number of hydrogen-bond donors (Lipinski definition) is 1. The molecule has 5 heteroatoms. The number of nitrogens with zero attached hydrogens (tertiary/aromatic N) is 3. The van der Waals surface area contributed by atoms with Crippen LogP contribution in [0.15, 0.2) is 12.3 Å². The Hall–Kier alpha value is -1.49. The van der Waals surface area contributed by atoms with Gasteiger partial charge >= 0.3 is 0 Å². The first-order valence-corrected chi connectivity index (χ1v) is 7.33. The number of nitrogens with two attached hydrogens (primary N) is 1. The van der Waals surface area contributed by atoms with Gasteiger partial charge in [-0.2, -0.15) is 0 Å². The number of amides is 1. The van der Waals surface area contributed by atoms with E-state index < -0.39 is 0 Å². The van der Waals surface area contributed by atoms with E-state index in [1.165, 1.54) is 12.8 Å². The highest BCUT2D eigenvalue weighted by atomic mass is 16.2. The van der Waals surface area contributed by atoms with E-state index in [0.29, 0.717) is 17.4 Å². The molecule has 0 aromatic carbocycles. The van der Waals surface area contributed by atoms with Crippen molar-refractivity contribution < 1.29 is 4.79 Å². The molecule has 1 aliphatic rings. The molecule has 2 rings (SSSR count). The van der Waals surface area contributed by atoms with Gasteiger partial charge in [-0.05, 0) is 46.3 Å². The lowest BCUT2D eigenvalue weighted by molar-refractivity contribution is 0.0749. The molecule has 1 fully saturated rings.